The highest BCUT2D eigenvalue weighted by Crippen LogP contribution is 2.25. The Kier molecular flexibility index (Phi) is 14.7. The molecule has 9 heteroatoms. The van der Waals surface area contributed by atoms with Gasteiger partial charge in [-0.25, -0.2) is 4.79 Å². The van der Waals surface area contributed by atoms with E-state index in [4.69, 9.17) is 9.47 Å². The van der Waals surface area contributed by atoms with E-state index in [1.807, 2.05) is 61.5 Å². The third kappa shape index (κ3) is 12.9. The van der Waals surface area contributed by atoms with E-state index in [0.29, 0.717) is 18.5 Å². The minimum atomic E-state index is -0.983. The molecule has 0 radical (unpaired) electrons. The van der Waals surface area contributed by atoms with Crippen LogP contribution in [0.15, 0.2) is 54.6 Å². The van der Waals surface area contributed by atoms with Gasteiger partial charge in [-0.15, -0.1) is 0 Å². The van der Waals surface area contributed by atoms with Gasteiger partial charge in [-0.05, 0) is 52.2 Å². The van der Waals surface area contributed by atoms with Crippen molar-refractivity contribution in [2.24, 2.45) is 0 Å². The van der Waals surface area contributed by atoms with Crippen LogP contribution in [-0.2, 0) is 30.3 Å². The van der Waals surface area contributed by atoms with Gasteiger partial charge < -0.3 is 25.0 Å². The fraction of sp³-hybridized carbons (Fsp3) is 0.529. The molecule has 0 heterocycles. The van der Waals surface area contributed by atoms with Gasteiger partial charge >= 0.3 is 12.1 Å². The number of alkyl carbamates (subject to hydrolysis) is 1. The van der Waals surface area contributed by atoms with Crippen LogP contribution in [0.5, 0.6) is 0 Å². The summed E-state index contributed by atoms with van der Waals surface area (Å²) in [6.45, 7) is 11.7. The molecule has 0 spiro atoms. The number of rotatable bonds is 16. The fourth-order valence-electron chi connectivity index (χ4n) is 4.61. The number of unbranched alkanes of at least 4 members (excludes halogenated alkanes) is 3. The summed E-state index contributed by atoms with van der Waals surface area (Å²) >= 11 is 0. The maximum atomic E-state index is 14.5. The van der Waals surface area contributed by atoms with Gasteiger partial charge in [0.05, 0.1) is 13.0 Å². The third-order valence-electron chi connectivity index (χ3n) is 6.69. The van der Waals surface area contributed by atoms with Crippen molar-refractivity contribution < 1.29 is 28.7 Å². The van der Waals surface area contributed by atoms with E-state index in [0.717, 1.165) is 30.4 Å². The van der Waals surface area contributed by atoms with Crippen molar-refractivity contribution in [3.8, 4) is 0 Å². The molecule has 43 heavy (non-hydrogen) atoms. The van der Waals surface area contributed by atoms with Gasteiger partial charge in [0.2, 0.25) is 11.8 Å². The zero-order valence-electron chi connectivity index (χ0n) is 26.6. The number of hydrogen-bond donors (Lipinski definition) is 2. The molecule has 0 fully saturated rings. The number of benzene rings is 2. The number of amides is 3. The Morgan fingerprint density at radius 1 is 0.907 bits per heavy atom. The van der Waals surface area contributed by atoms with Gasteiger partial charge in [0, 0.05) is 19.5 Å². The highest BCUT2D eigenvalue weighted by molar-refractivity contribution is 5.92. The minimum absolute atomic E-state index is 0.0154. The van der Waals surface area contributed by atoms with Gasteiger partial charge in [-0.3, -0.25) is 14.4 Å². The summed E-state index contributed by atoms with van der Waals surface area (Å²) in [5.74, 6) is -1.21. The van der Waals surface area contributed by atoms with Gasteiger partial charge in [-0.1, -0.05) is 86.3 Å². The minimum Gasteiger partial charge on any atom is -0.466 e. The van der Waals surface area contributed by atoms with Crippen LogP contribution in [-0.4, -0.2) is 60.1 Å². The van der Waals surface area contributed by atoms with Crippen LogP contribution in [0, 0.1) is 6.92 Å². The second kappa shape index (κ2) is 17.9. The average molecular weight is 596 g/mol. The number of hydrogen-bond acceptors (Lipinski definition) is 6. The molecular formula is C34H49N3O6. The SMILES string of the molecule is CCCCCCN(C(=O)C(Cc1ccccc1)NC(=O)OC(C)(C)C)C(C(=O)NCCC(=O)OCC)c1ccc(C)cc1. The van der Waals surface area contributed by atoms with E-state index >= 15 is 0 Å². The van der Waals surface area contributed by atoms with Crippen molar-refractivity contribution >= 4 is 23.9 Å². The maximum absolute atomic E-state index is 14.5. The quantitative estimate of drug-likeness (QED) is 0.192. The summed E-state index contributed by atoms with van der Waals surface area (Å²) in [5.41, 5.74) is 1.75. The average Bonchev–Trinajstić information content (AvgIpc) is 2.94. The van der Waals surface area contributed by atoms with Crippen LogP contribution in [0.25, 0.3) is 0 Å². The number of esters is 1. The summed E-state index contributed by atoms with van der Waals surface area (Å²) in [6.07, 6.45) is 3.10. The van der Waals surface area contributed by atoms with Crippen LogP contribution in [0.2, 0.25) is 0 Å². The lowest BCUT2D eigenvalue weighted by atomic mass is 9.99. The Balaban J connectivity index is 2.49. The molecule has 9 nitrogen and oxygen atoms in total. The van der Waals surface area contributed by atoms with Crippen LogP contribution in [0.1, 0.15) is 89.5 Å². The largest absolute Gasteiger partial charge is 0.466 e. The second-order valence-corrected chi connectivity index (χ2v) is 11.6. The standard InChI is InChI=1S/C34H49N3O6/c1-7-9-10-14-23-37(30(27-19-17-25(3)18-20-27)31(39)35-22-21-29(38)42-8-2)32(40)28(24-26-15-12-11-13-16-26)36-33(41)43-34(4,5)6/h11-13,15-20,28,30H,7-10,14,21-24H2,1-6H3,(H,35,39)(H,36,41). The lowest BCUT2D eigenvalue weighted by Gasteiger charge is -2.34. The number of aryl methyl sites for hydroxylation is 1. The molecule has 0 saturated carbocycles. The first-order valence-electron chi connectivity index (χ1n) is 15.3. The number of nitrogens with one attached hydrogen (secondary N) is 2. The Morgan fingerprint density at radius 2 is 1.58 bits per heavy atom. The Bertz CT molecular complexity index is 1160. The van der Waals surface area contributed by atoms with Crippen LogP contribution in [0.4, 0.5) is 4.79 Å². The lowest BCUT2D eigenvalue weighted by Crippen LogP contribution is -2.54. The molecule has 2 N–H and O–H groups in total. The molecule has 236 valence electrons. The van der Waals surface area contributed by atoms with Crippen molar-refractivity contribution in [1.29, 1.82) is 0 Å². The predicted molar refractivity (Wildman–Crippen MR) is 167 cm³/mol. The van der Waals surface area contributed by atoms with E-state index < -0.39 is 41.6 Å². The molecule has 2 aromatic rings. The van der Waals surface area contributed by atoms with Crippen LogP contribution in [0.3, 0.4) is 0 Å². The molecule has 0 bridgehead atoms. The third-order valence-corrected chi connectivity index (χ3v) is 6.69. The van der Waals surface area contributed by atoms with Crippen molar-refractivity contribution in [1.82, 2.24) is 15.5 Å². The summed E-state index contributed by atoms with van der Waals surface area (Å²) in [4.78, 5) is 54.7. The highest BCUT2D eigenvalue weighted by Gasteiger charge is 2.36. The smallest absolute Gasteiger partial charge is 0.408 e. The molecule has 2 aromatic carbocycles. The lowest BCUT2D eigenvalue weighted by molar-refractivity contribution is -0.144. The first-order chi connectivity index (χ1) is 20.4. The van der Waals surface area contributed by atoms with Crippen molar-refractivity contribution in [2.45, 2.75) is 97.8 Å². The molecule has 3 amide bonds. The van der Waals surface area contributed by atoms with E-state index in [-0.39, 0.29) is 26.0 Å². The maximum Gasteiger partial charge on any atom is 0.408 e. The predicted octanol–water partition coefficient (Wildman–Crippen LogP) is 5.65. The summed E-state index contributed by atoms with van der Waals surface area (Å²) < 4.78 is 10.5. The van der Waals surface area contributed by atoms with Gasteiger partial charge in [0.1, 0.15) is 17.7 Å². The van der Waals surface area contributed by atoms with Gasteiger partial charge in [0.15, 0.2) is 0 Å². The van der Waals surface area contributed by atoms with E-state index in [1.54, 1.807) is 32.6 Å². The van der Waals surface area contributed by atoms with E-state index in [2.05, 4.69) is 17.6 Å². The zero-order chi connectivity index (χ0) is 31.8. The first kappa shape index (κ1) is 35.3. The Hall–Kier alpha value is -3.88. The van der Waals surface area contributed by atoms with E-state index in [1.165, 1.54) is 0 Å². The van der Waals surface area contributed by atoms with Crippen LogP contribution < -0.4 is 10.6 Å². The highest BCUT2D eigenvalue weighted by atomic mass is 16.6. The van der Waals surface area contributed by atoms with Gasteiger partial charge in [0.25, 0.3) is 0 Å². The van der Waals surface area contributed by atoms with Crippen LogP contribution >= 0.6 is 0 Å². The topological polar surface area (TPSA) is 114 Å². The normalized spacial score (nSPS) is 12.5. The Morgan fingerprint density at radius 3 is 2.19 bits per heavy atom. The van der Waals surface area contributed by atoms with E-state index in [9.17, 15) is 19.2 Å². The monoisotopic (exact) mass is 595 g/mol. The molecule has 0 aliphatic carbocycles. The molecule has 0 aliphatic rings. The molecule has 2 unspecified atom stereocenters. The number of nitrogens with zero attached hydrogens (tertiary/aromatic N) is 1. The van der Waals surface area contributed by atoms with Gasteiger partial charge in [-0.2, -0.15) is 0 Å². The van der Waals surface area contributed by atoms with Crippen molar-refractivity contribution in [3.05, 3.63) is 71.3 Å². The molecular weight excluding hydrogens is 546 g/mol. The van der Waals surface area contributed by atoms with Crippen molar-refractivity contribution in [3.63, 3.8) is 0 Å². The number of ether oxygens (including phenoxy) is 2. The molecule has 0 aliphatic heterocycles. The fourth-order valence-corrected chi connectivity index (χ4v) is 4.61. The summed E-state index contributed by atoms with van der Waals surface area (Å²) in [6, 6.07) is 14.9. The number of carbonyl (C=O) groups excluding carboxylic acids is 4. The zero-order valence-corrected chi connectivity index (χ0v) is 26.6. The number of carbonyl (C=O) groups is 4. The molecule has 0 saturated heterocycles. The molecule has 0 aromatic heterocycles. The summed E-state index contributed by atoms with van der Waals surface area (Å²) in [5, 5.41) is 5.62. The molecule has 2 rings (SSSR count). The first-order valence-corrected chi connectivity index (χ1v) is 15.3. The van der Waals surface area contributed by atoms with Crippen molar-refractivity contribution in [2.75, 3.05) is 19.7 Å². The second-order valence-electron chi connectivity index (χ2n) is 11.6. The molecule has 2 atom stereocenters. The summed E-state index contributed by atoms with van der Waals surface area (Å²) in [7, 11) is 0. The Labute approximate surface area is 256 Å².